The summed E-state index contributed by atoms with van der Waals surface area (Å²) in [6.07, 6.45) is 0. The molecule has 0 saturated heterocycles. The number of ether oxygens (including phenoxy) is 2. The molecule has 0 amide bonds. The lowest BCUT2D eigenvalue weighted by Crippen LogP contribution is -2.31. The molecule has 28 heavy (non-hydrogen) atoms. The highest BCUT2D eigenvalue weighted by Gasteiger charge is 2.39. The minimum Gasteiger partial charge on any atom is -0.462 e. The van der Waals surface area contributed by atoms with E-state index in [1.165, 1.54) is 24.3 Å². The molecule has 0 radical (unpaired) electrons. The average Bonchev–Trinajstić information content (AvgIpc) is 2.68. The number of halogens is 1. The number of esters is 1. The van der Waals surface area contributed by atoms with Crippen molar-refractivity contribution in [3.63, 3.8) is 0 Å². The molecular weight excluding hydrogens is 365 g/mol. The second kappa shape index (κ2) is 6.84. The zero-order valence-electron chi connectivity index (χ0n) is 14.9. The van der Waals surface area contributed by atoms with E-state index in [-0.39, 0.29) is 29.4 Å². The van der Waals surface area contributed by atoms with Gasteiger partial charge in [-0.2, -0.15) is 0 Å². The first-order valence-electron chi connectivity index (χ1n) is 8.67. The van der Waals surface area contributed by atoms with Crippen LogP contribution < -0.4 is 16.1 Å². The van der Waals surface area contributed by atoms with Gasteiger partial charge in [-0.05, 0) is 36.8 Å². The molecule has 0 saturated carbocycles. The predicted molar refractivity (Wildman–Crippen MR) is 99.2 cm³/mol. The van der Waals surface area contributed by atoms with Crippen LogP contribution in [0.3, 0.4) is 0 Å². The molecule has 7 heteroatoms. The van der Waals surface area contributed by atoms with Crippen LogP contribution in [0.2, 0.25) is 0 Å². The Hall–Kier alpha value is -3.61. The van der Waals surface area contributed by atoms with E-state index >= 15 is 0 Å². The minimum atomic E-state index is -0.913. The minimum absolute atomic E-state index is 0.0245. The maximum absolute atomic E-state index is 13.5. The molecule has 1 aliphatic rings. The number of carbonyl (C=O) groups excluding carboxylic acids is 1. The molecular formula is C21H16FNO5. The number of fused-ring (bicyclic) bond motifs is 3. The van der Waals surface area contributed by atoms with Crippen LogP contribution >= 0.6 is 0 Å². The second-order valence-corrected chi connectivity index (χ2v) is 6.21. The van der Waals surface area contributed by atoms with Gasteiger partial charge in [-0.15, -0.1) is 0 Å². The van der Waals surface area contributed by atoms with Crippen LogP contribution in [-0.2, 0) is 9.53 Å². The van der Waals surface area contributed by atoms with E-state index in [0.29, 0.717) is 16.5 Å². The van der Waals surface area contributed by atoms with Crippen molar-refractivity contribution in [2.24, 2.45) is 5.73 Å². The van der Waals surface area contributed by atoms with Crippen LogP contribution in [0, 0.1) is 5.82 Å². The monoisotopic (exact) mass is 381 g/mol. The van der Waals surface area contributed by atoms with Crippen molar-refractivity contribution in [2.75, 3.05) is 6.61 Å². The van der Waals surface area contributed by atoms with E-state index in [0.717, 1.165) is 0 Å². The summed E-state index contributed by atoms with van der Waals surface area (Å²) < 4.78 is 29.7. The number of hydrogen-bond acceptors (Lipinski definition) is 6. The number of benzene rings is 2. The molecule has 4 rings (SSSR count). The fourth-order valence-electron chi connectivity index (χ4n) is 3.36. The van der Waals surface area contributed by atoms with Crippen LogP contribution in [0.15, 0.2) is 69.2 Å². The summed E-state index contributed by atoms with van der Waals surface area (Å²) in [5.74, 6) is -2.03. The van der Waals surface area contributed by atoms with Gasteiger partial charge in [0, 0.05) is 0 Å². The molecule has 0 bridgehead atoms. The van der Waals surface area contributed by atoms with Crippen molar-refractivity contribution in [3.05, 3.63) is 87.4 Å². The average molecular weight is 381 g/mol. The summed E-state index contributed by atoms with van der Waals surface area (Å²) in [4.78, 5) is 25.4. The van der Waals surface area contributed by atoms with Gasteiger partial charge in [-0.1, -0.05) is 24.3 Å². The fraction of sp³-hybridized carbons (Fsp3) is 0.143. The highest BCUT2D eigenvalue weighted by atomic mass is 19.1. The number of rotatable bonds is 3. The molecule has 142 valence electrons. The Morgan fingerprint density at radius 1 is 1.18 bits per heavy atom. The largest absolute Gasteiger partial charge is 0.462 e. The van der Waals surface area contributed by atoms with Gasteiger partial charge < -0.3 is 19.6 Å². The summed E-state index contributed by atoms with van der Waals surface area (Å²) >= 11 is 0. The van der Waals surface area contributed by atoms with Gasteiger partial charge in [0.15, 0.2) is 5.75 Å². The third-order valence-electron chi connectivity index (χ3n) is 4.55. The summed E-state index contributed by atoms with van der Waals surface area (Å²) in [6, 6.07) is 12.3. The van der Waals surface area contributed by atoms with Crippen molar-refractivity contribution < 1.29 is 23.1 Å². The molecule has 0 fully saturated rings. The second-order valence-electron chi connectivity index (χ2n) is 6.21. The van der Waals surface area contributed by atoms with E-state index in [4.69, 9.17) is 19.6 Å². The van der Waals surface area contributed by atoms with E-state index in [1.807, 2.05) is 0 Å². The number of nitrogens with two attached hydrogens (primary N) is 1. The molecule has 0 spiro atoms. The Morgan fingerprint density at radius 3 is 2.61 bits per heavy atom. The van der Waals surface area contributed by atoms with E-state index < -0.39 is 23.3 Å². The van der Waals surface area contributed by atoms with Gasteiger partial charge in [-0.25, -0.2) is 14.0 Å². The number of para-hydroxylation sites is 1. The lowest BCUT2D eigenvalue weighted by Gasteiger charge is -2.27. The molecule has 3 aromatic rings. The van der Waals surface area contributed by atoms with Gasteiger partial charge in [0.25, 0.3) is 0 Å². The molecule has 1 aliphatic heterocycles. The van der Waals surface area contributed by atoms with Gasteiger partial charge >= 0.3 is 11.6 Å². The molecule has 6 nitrogen and oxygen atoms in total. The van der Waals surface area contributed by atoms with Crippen LogP contribution in [-0.4, -0.2) is 12.6 Å². The third-order valence-corrected chi connectivity index (χ3v) is 4.55. The van der Waals surface area contributed by atoms with E-state index in [9.17, 15) is 14.0 Å². The first kappa shape index (κ1) is 17.8. The van der Waals surface area contributed by atoms with Crippen molar-refractivity contribution >= 4 is 16.9 Å². The van der Waals surface area contributed by atoms with E-state index in [1.54, 1.807) is 31.2 Å². The Labute approximate surface area is 159 Å². The maximum Gasteiger partial charge on any atom is 0.344 e. The summed E-state index contributed by atoms with van der Waals surface area (Å²) in [6.45, 7) is 1.77. The van der Waals surface area contributed by atoms with Crippen molar-refractivity contribution in [1.82, 2.24) is 0 Å². The maximum atomic E-state index is 13.5. The van der Waals surface area contributed by atoms with Crippen molar-refractivity contribution in [3.8, 4) is 5.75 Å². The van der Waals surface area contributed by atoms with Crippen LogP contribution in [0.1, 0.15) is 24.0 Å². The van der Waals surface area contributed by atoms with Gasteiger partial charge in [-0.3, -0.25) is 0 Å². The first-order chi connectivity index (χ1) is 13.5. The molecule has 1 atom stereocenters. The Bertz CT molecular complexity index is 1160. The zero-order valence-corrected chi connectivity index (χ0v) is 14.9. The van der Waals surface area contributed by atoms with E-state index in [2.05, 4.69) is 0 Å². The van der Waals surface area contributed by atoms with Crippen LogP contribution in [0.5, 0.6) is 5.75 Å². The Morgan fingerprint density at radius 2 is 1.89 bits per heavy atom. The standard InChI is InChI=1S/C21H16FNO5/c1-2-26-20(24)17-15(11-7-9-12(22)10-8-11)16-18(28-19(17)23)13-5-3-4-6-14(13)27-21(16)25/h3-10,15H,2,23H2,1H3/t15-/m0/s1. The van der Waals surface area contributed by atoms with Crippen molar-refractivity contribution in [1.29, 1.82) is 0 Å². The third kappa shape index (κ3) is 2.81. The quantitative estimate of drug-likeness (QED) is 0.553. The number of carbonyl (C=O) groups is 1. The molecule has 1 aromatic heterocycles. The zero-order chi connectivity index (χ0) is 19.8. The smallest absolute Gasteiger partial charge is 0.344 e. The predicted octanol–water partition coefficient (Wildman–Crippen LogP) is 3.19. The molecule has 2 heterocycles. The fourth-order valence-corrected chi connectivity index (χ4v) is 3.36. The van der Waals surface area contributed by atoms with Crippen LogP contribution in [0.25, 0.3) is 11.0 Å². The normalized spacial score (nSPS) is 15.9. The van der Waals surface area contributed by atoms with Gasteiger partial charge in [0.05, 0.1) is 23.5 Å². The number of hydrogen-bond donors (Lipinski definition) is 1. The summed E-state index contributed by atoms with van der Waals surface area (Å²) in [5.41, 5.74) is 6.31. The Kier molecular flexibility index (Phi) is 4.35. The highest BCUT2D eigenvalue weighted by Crippen LogP contribution is 2.43. The SMILES string of the molecule is CCOC(=O)C1=C(N)Oc2c(c(=O)oc3ccccc23)[C@@H]1c1ccc(F)cc1. The van der Waals surface area contributed by atoms with Crippen LogP contribution in [0.4, 0.5) is 4.39 Å². The summed E-state index contributed by atoms with van der Waals surface area (Å²) in [5, 5.41) is 0.537. The topological polar surface area (TPSA) is 91.8 Å². The molecule has 2 N–H and O–H groups in total. The molecule has 0 unspecified atom stereocenters. The lowest BCUT2D eigenvalue weighted by atomic mass is 9.83. The summed E-state index contributed by atoms with van der Waals surface area (Å²) in [7, 11) is 0. The first-order valence-corrected chi connectivity index (χ1v) is 8.67. The lowest BCUT2D eigenvalue weighted by molar-refractivity contribution is -0.139. The highest BCUT2D eigenvalue weighted by molar-refractivity contribution is 5.94. The molecule has 0 aliphatic carbocycles. The Balaban J connectivity index is 2.03. The van der Waals surface area contributed by atoms with Crippen molar-refractivity contribution in [2.45, 2.75) is 12.8 Å². The molecule has 2 aromatic carbocycles. The van der Waals surface area contributed by atoms with Gasteiger partial charge in [0.1, 0.15) is 17.0 Å². The van der Waals surface area contributed by atoms with Gasteiger partial charge in [0.2, 0.25) is 5.88 Å².